The van der Waals surface area contributed by atoms with Crippen LogP contribution in [0.1, 0.15) is 32.3 Å². The summed E-state index contributed by atoms with van der Waals surface area (Å²) in [6.07, 6.45) is 0. The summed E-state index contributed by atoms with van der Waals surface area (Å²) in [5, 5.41) is -0.323. The number of carbonyl (C=O) groups excluding carboxylic acids is 1. The average molecular weight is 320 g/mol. The maximum absolute atomic E-state index is 11.4. The van der Waals surface area contributed by atoms with Crippen LogP contribution >= 0.6 is 27.5 Å². The third-order valence-corrected chi connectivity index (χ3v) is 3.38. The predicted octanol–water partition coefficient (Wildman–Crippen LogP) is 4.35. The molecule has 0 fully saturated rings. The van der Waals surface area contributed by atoms with Crippen LogP contribution in [0.2, 0.25) is 0 Å². The largest absolute Gasteiger partial charge is 0.493 e. The first-order valence-corrected chi connectivity index (χ1v) is 6.76. The van der Waals surface area contributed by atoms with Gasteiger partial charge in [0.25, 0.3) is 0 Å². The van der Waals surface area contributed by atoms with Crippen molar-refractivity contribution in [3.63, 3.8) is 0 Å². The van der Waals surface area contributed by atoms with E-state index in [0.717, 1.165) is 15.8 Å². The van der Waals surface area contributed by atoms with Gasteiger partial charge < -0.3 is 4.74 Å². The van der Waals surface area contributed by atoms with Crippen LogP contribution in [0.15, 0.2) is 22.7 Å². The molecule has 1 rings (SSSR count). The molecule has 94 valence electrons. The van der Waals surface area contributed by atoms with Gasteiger partial charge in [-0.3, -0.25) is 4.79 Å². The number of ether oxygens (including phenoxy) is 1. The summed E-state index contributed by atoms with van der Waals surface area (Å²) in [6.45, 7) is 6.50. The molecule has 0 saturated carbocycles. The molecule has 0 aliphatic heterocycles. The van der Waals surface area contributed by atoms with Crippen LogP contribution in [0.3, 0.4) is 0 Å². The van der Waals surface area contributed by atoms with Crippen molar-refractivity contribution in [2.24, 2.45) is 5.92 Å². The van der Waals surface area contributed by atoms with Gasteiger partial charge in [-0.15, -0.1) is 0 Å². The number of rotatable bonds is 5. The SMILES string of the molecule is CCOc1ccc(C(C(=O)Cl)C(C)C)cc1Br. The van der Waals surface area contributed by atoms with Crippen LogP contribution in [-0.4, -0.2) is 11.8 Å². The summed E-state index contributed by atoms with van der Waals surface area (Å²) < 4.78 is 6.28. The van der Waals surface area contributed by atoms with Crippen molar-refractivity contribution >= 4 is 32.8 Å². The third kappa shape index (κ3) is 3.71. The molecule has 0 bridgehead atoms. The Labute approximate surface area is 115 Å². The van der Waals surface area contributed by atoms with Crippen LogP contribution in [0.25, 0.3) is 0 Å². The van der Waals surface area contributed by atoms with E-state index in [0.29, 0.717) is 6.61 Å². The predicted molar refractivity (Wildman–Crippen MR) is 73.8 cm³/mol. The normalized spacial score (nSPS) is 12.6. The lowest BCUT2D eigenvalue weighted by molar-refractivity contribution is -0.113. The highest BCUT2D eigenvalue weighted by Crippen LogP contribution is 2.33. The van der Waals surface area contributed by atoms with E-state index in [1.54, 1.807) is 0 Å². The van der Waals surface area contributed by atoms with Crippen LogP contribution in [0, 0.1) is 5.92 Å². The second-order valence-corrected chi connectivity index (χ2v) is 5.38. The Morgan fingerprint density at radius 1 is 1.47 bits per heavy atom. The molecule has 0 aliphatic rings. The van der Waals surface area contributed by atoms with Gasteiger partial charge in [-0.25, -0.2) is 0 Å². The van der Waals surface area contributed by atoms with Gasteiger partial charge in [-0.2, -0.15) is 0 Å². The van der Waals surface area contributed by atoms with Crippen molar-refractivity contribution in [1.29, 1.82) is 0 Å². The second kappa shape index (κ2) is 6.41. The molecule has 17 heavy (non-hydrogen) atoms. The minimum absolute atomic E-state index is 0.171. The molecule has 0 N–H and O–H groups in total. The molecule has 0 saturated heterocycles. The standard InChI is InChI=1S/C13H16BrClO2/c1-4-17-11-6-5-9(7-10(11)14)12(8(2)3)13(15)16/h5-8,12H,4H2,1-3H3. The lowest BCUT2D eigenvalue weighted by Crippen LogP contribution is -2.13. The highest BCUT2D eigenvalue weighted by Gasteiger charge is 2.23. The summed E-state index contributed by atoms with van der Waals surface area (Å²) in [6, 6.07) is 5.65. The lowest BCUT2D eigenvalue weighted by Gasteiger charge is -2.18. The van der Waals surface area contributed by atoms with Crippen molar-refractivity contribution < 1.29 is 9.53 Å². The van der Waals surface area contributed by atoms with Crippen LogP contribution in [0.4, 0.5) is 0 Å². The van der Waals surface area contributed by atoms with E-state index in [9.17, 15) is 4.79 Å². The number of carbonyl (C=O) groups is 1. The van der Waals surface area contributed by atoms with Gasteiger partial charge in [-0.05, 0) is 58.1 Å². The number of benzene rings is 1. The zero-order valence-electron chi connectivity index (χ0n) is 10.2. The molecule has 4 heteroatoms. The van der Waals surface area contributed by atoms with Gasteiger partial charge in [0, 0.05) is 0 Å². The fourth-order valence-electron chi connectivity index (χ4n) is 1.76. The Bertz CT molecular complexity index is 404. The molecule has 2 nitrogen and oxygen atoms in total. The van der Waals surface area contributed by atoms with Gasteiger partial charge in [0.2, 0.25) is 5.24 Å². The Morgan fingerprint density at radius 3 is 2.53 bits per heavy atom. The monoisotopic (exact) mass is 318 g/mol. The molecule has 0 spiro atoms. The zero-order valence-corrected chi connectivity index (χ0v) is 12.5. The highest BCUT2D eigenvalue weighted by molar-refractivity contribution is 9.10. The Morgan fingerprint density at radius 2 is 2.12 bits per heavy atom. The number of hydrogen-bond donors (Lipinski definition) is 0. The molecule has 0 heterocycles. The molecule has 0 aromatic heterocycles. The van der Waals surface area contributed by atoms with E-state index in [1.165, 1.54) is 0 Å². The van der Waals surface area contributed by atoms with Crippen LogP contribution in [0.5, 0.6) is 5.75 Å². The number of hydrogen-bond acceptors (Lipinski definition) is 2. The van der Waals surface area contributed by atoms with E-state index in [2.05, 4.69) is 15.9 Å². The van der Waals surface area contributed by atoms with E-state index in [1.807, 2.05) is 39.0 Å². The smallest absolute Gasteiger partial charge is 0.229 e. The van der Waals surface area contributed by atoms with E-state index < -0.39 is 0 Å². The van der Waals surface area contributed by atoms with Crippen molar-refractivity contribution in [2.45, 2.75) is 26.7 Å². The quantitative estimate of drug-likeness (QED) is 0.754. The highest BCUT2D eigenvalue weighted by atomic mass is 79.9. The lowest BCUT2D eigenvalue weighted by atomic mass is 9.89. The summed E-state index contributed by atoms with van der Waals surface area (Å²) in [7, 11) is 0. The summed E-state index contributed by atoms with van der Waals surface area (Å²) in [5.41, 5.74) is 0.912. The van der Waals surface area contributed by atoms with E-state index >= 15 is 0 Å². The fourth-order valence-corrected chi connectivity index (χ4v) is 2.65. The third-order valence-electron chi connectivity index (χ3n) is 2.53. The summed E-state index contributed by atoms with van der Waals surface area (Å²) >= 11 is 9.08. The first-order chi connectivity index (χ1) is 7.97. The fraction of sp³-hybridized carbons (Fsp3) is 0.462. The molecular weight excluding hydrogens is 303 g/mol. The molecular formula is C13H16BrClO2. The van der Waals surface area contributed by atoms with Gasteiger partial charge >= 0.3 is 0 Å². The van der Waals surface area contributed by atoms with Crippen LogP contribution in [-0.2, 0) is 4.79 Å². The minimum atomic E-state index is -0.323. The number of halogens is 2. The van der Waals surface area contributed by atoms with Crippen LogP contribution < -0.4 is 4.74 Å². The zero-order chi connectivity index (χ0) is 13.0. The Kier molecular flexibility index (Phi) is 5.47. The first kappa shape index (κ1) is 14.5. The van der Waals surface area contributed by atoms with Crippen molar-refractivity contribution in [1.82, 2.24) is 0 Å². The van der Waals surface area contributed by atoms with Gasteiger partial charge in [-0.1, -0.05) is 19.9 Å². The molecule has 1 aromatic carbocycles. The Hall–Kier alpha value is -0.540. The maximum atomic E-state index is 11.4. The maximum Gasteiger partial charge on any atom is 0.229 e. The molecule has 1 atom stereocenters. The summed E-state index contributed by atoms with van der Waals surface area (Å²) in [4.78, 5) is 11.4. The Balaban J connectivity index is 3.06. The van der Waals surface area contributed by atoms with Gasteiger partial charge in [0.15, 0.2) is 0 Å². The van der Waals surface area contributed by atoms with Crippen molar-refractivity contribution in [3.8, 4) is 5.75 Å². The van der Waals surface area contributed by atoms with E-state index in [4.69, 9.17) is 16.3 Å². The minimum Gasteiger partial charge on any atom is -0.493 e. The topological polar surface area (TPSA) is 26.3 Å². The second-order valence-electron chi connectivity index (χ2n) is 4.15. The van der Waals surface area contributed by atoms with Crippen molar-refractivity contribution in [3.05, 3.63) is 28.2 Å². The van der Waals surface area contributed by atoms with Gasteiger partial charge in [0.1, 0.15) is 5.75 Å². The van der Waals surface area contributed by atoms with Gasteiger partial charge in [0.05, 0.1) is 17.0 Å². The first-order valence-electron chi connectivity index (χ1n) is 5.59. The molecule has 1 unspecified atom stereocenters. The van der Waals surface area contributed by atoms with E-state index in [-0.39, 0.29) is 17.1 Å². The molecule has 0 aliphatic carbocycles. The van der Waals surface area contributed by atoms with Crippen molar-refractivity contribution in [2.75, 3.05) is 6.61 Å². The molecule has 0 amide bonds. The molecule has 0 radical (unpaired) electrons. The average Bonchev–Trinajstić information content (AvgIpc) is 2.21. The summed E-state index contributed by atoms with van der Waals surface area (Å²) in [5.74, 6) is 0.675. The molecule has 1 aromatic rings.